The van der Waals surface area contributed by atoms with Gasteiger partial charge in [0.2, 0.25) is 0 Å². The Balaban J connectivity index is 1.44. The lowest BCUT2D eigenvalue weighted by Gasteiger charge is -2.41. The van der Waals surface area contributed by atoms with E-state index in [4.69, 9.17) is 4.74 Å². The van der Waals surface area contributed by atoms with Crippen LogP contribution in [0.15, 0.2) is 30.6 Å². The van der Waals surface area contributed by atoms with Crippen molar-refractivity contribution >= 4 is 23.6 Å². The minimum Gasteiger partial charge on any atom is -0.469 e. The Hall–Kier alpha value is -3.89. The molecule has 196 valence electrons. The van der Waals surface area contributed by atoms with Crippen LogP contribution in [-0.2, 0) is 16.1 Å². The minimum atomic E-state index is -0.509. The number of carbonyl (C=O) groups is 3. The van der Waals surface area contributed by atoms with Gasteiger partial charge in [-0.25, -0.2) is 9.37 Å². The number of hydrogen-bond donors (Lipinski definition) is 2. The number of carbonyl (C=O) groups excluding carboxylic acids is 3. The van der Waals surface area contributed by atoms with Crippen LogP contribution in [0, 0.1) is 23.6 Å². The molecule has 2 heterocycles. The second-order valence-electron chi connectivity index (χ2n) is 10.3. The maximum absolute atomic E-state index is 13.5. The number of rotatable bonds is 7. The first-order valence-corrected chi connectivity index (χ1v) is 12.1. The highest BCUT2D eigenvalue weighted by Gasteiger charge is 2.43. The van der Waals surface area contributed by atoms with Gasteiger partial charge < -0.3 is 15.4 Å². The van der Waals surface area contributed by atoms with Crippen LogP contribution in [0.25, 0.3) is 5.78 Å². The van der Waals surface area contributed by atoms with Crippen LogP contribution < -0.4 is 10.6 Å². The molecule has 0 radical (unpaired) electrons. The molecule has 0 unspecified atom stereocenters. The Kier molecular flexibility index (Phi) is 7.24. The number of nitrogens with one attached hydrogen (secondary N) is 2. The molecule has 1 aliphatic rings. The van der Waals surface area contributed by atoms with E-state index >= 15 is 0 Å². The number of methoxy groups -OCH3 is 1. The van der Waals surface area contributed by atoms with Crippen LogP contribution in [0.4, 0.5) is 4.39 Å². The fraction of sp³-hybridized carbons (Fsp3) is 0.462. The van der Waals surface area contributed by atoms with Crippen LogP contribution >= 0.6 is 0 Å². The summed E-state index contributed by atoms with van der Waals surface area (Å²) in [4.78, 5) is 46.4. The molecule has 10 nitrogen and oxygen atoms in total. The lowest BCUT2D eigenvalue weighted by molar-refractivity contribution is -0.155. The predicted molar refractivity (Wildman–Crippen MR) is 132 cm³/mol. The van der Waals surface area contributed by atoms with Gasteiger partial charge in [-0.3, -0.25) is 14.4 Å². The number of aryl methyl sites for hydroxylation is 1. The quantitative estimate of drug-likeness (QED) is 0.468. The molecule has 0 bridgehead atoms. The zero-order valence-electron chi connectivity index (χ0n) is 21.4. The number of halogens is 1. The van der Waals surface area contributed by atoms with Crippen molar-refractivity contribution in [3.63, 3.8) is 0 Å². The molecule has 11 heteroatoms. The van der Waals surface area contributed by atoms with E-state index in [1.165, 1.54) is 30.1 Å². The summed E-state index contributed by atoms with van der Waals surface area (Å²) in [5.74, 6) is -1.31. The molecule has 3 aromatic rings. The number of amides is 2. The first-order valence-electron chi connectivity index (χ1n) is 12.1. The number of aromatic nitrogens is 4. The maximum Gasteiger partial charge on any atom is 0.311 e. The first kappa shape index (κ1) is 26.2. The summed E-state index contributed by atoms with van der Waals surface area (Å²) in [7, 11) is 1.40. The Morgan fingerprint density at radius 2 is 1.81 bits per heavy atom. The molecular weight excluding hydrogens is 479 g/mol. The van der Waals surface area contributed by atoms with Gasteiger partial charge in [0.25, 0.3) is 17.6 Å². The molecule has 0 saturated heterocycles. The monoisotopic (exact) mass is 510 g/mol. The van der Waals surface area contributed by atoms with Gasteiger partial charge in [0.1, 0.15) is 23.5 Å². The highest BCUT2D eigenvalue weighted by atomic mass is 19.1. The molecule has 1 fully saturated rings. The normalized spacial score (nSPS) is 21.4. The van der Waals surface area contributed by atoms with E-state index in [1.54, 1.807) is 19.1 Å². The predicted octanol–water partition coefficient (Wildman–Crippen LogP) is 2.99. The van der Waals surface area contributed by atoms with E-state index in [0.717, 1.165) is 18.4 Å². The fourth-order valence-corrected chi connectivity index (χ4v) is 4.60. The first-order chi connectivity index (χ1) is 17.5. The highest BCUT2D eigenvalue weighted by Crippen LogP contribution is 2.45. The van der Waals surface area contributed by atoms with Crippen molar-refractivity contribution in [3.8, 4) is 0 Å². The second-order valence-corrected chi connectivity index (χ2v) is 10.3. The van der Waals surface area contributed by atoms with E-state index in [9.17, 15) is 18.8 Å². The van der Waals surface area contributed by atoms with Crippen LogP contribution in [0.3, 0.4) is 0 Å². The van der Waals surface area contributed by atoms with Gasteiger partial charge in [0, 0.05) is 19.2 Å². The third-order valence-corrected chi connectivity index (χ3v) is 7.31. The van der Waals surface area contributed by atoms with Gasteiger partial charge in [-0.2, -0.15) is 14.6 Å². The van der Waals surface area contributed by atoms with Crippen molar-refractivity contribution in [2.24, 2.45) is 10.8 Å². The lowest BCUT2D eigenvalue weighted by atomic mass is 9.65. The molecule has 4 rings (SSSR count). The zero-order valence-corrected chi connectivity index (χ0v) is 21.4. The summed E-state index contributed by atoms with van der Waals surface area (Å²) in [5, 5.41) is 9.78. The molecule has 0 atom stereocenters. The Labute approximate surface area is 214 Å². The zero-order chi connectivity index (χ0) is 26.8. The summed E-state index contributed by atoms with van der Waals surface area (Å²) in [6, 6.07) is 5.97. The summed E-state index contributed by atoms with van der Waals surface area (Å²) in [6.07, 6.45) is 4.12. The standard InChI is InChI=1S/C26H31FN6O4/c1-16-11-17(5-6-18(16)27)13-28-21(34)19-12-20(33-24(32-19)30-15-31-33)22(35)29-14-25(2)7-9-26(3,10-8-25)23(36)37-4/h5-6,11-12,15H,7-10,13-14H2,1-4H3,(H,28,34)(H,29,35). The number of hydrogen-bond acceptors (Lipinski definition) is 7. The molecule has 1 saturated carbocycles. The van der Waals surface area contributed by atoms with Crippen LogP contribution in [0.1, 0.15) is 71.6 Å². The van der Waals surface area contributed by atoms with Crippen LogP contribution in [0.2, 0.25) is 0 Å². The average molecular weight is 511 g/mol. The molecule has 0 spiro atoms. The van der Waals surface area contributed by atoms with Crippen LogP contribution in [-0.4, -0.2) is 51.0 Å². The molecule has 2 amide bonds. The highest BCUT2D eigenvalue weighted by molar-refractivity contribution is 5.98. The van der Waals surface area contributed by atoms with E-state index in [2.05, 4.69) is 32.6 Å². The molecular formula is C26H31FN6O4. The largest absolute Gasteiger partial charge is 0.469 e. The summed E-state index contributed by atoms with van der Waals surface area (Å²) < 4.78 is 19.8. The Bertz CT molecular complexity index is 1350. The third-order valence-electron chi connectivity index (χ3n) is 7.31. The van der Waals surface area contributed by atoms with Crippen LogP contribution in [0.5, 0.6) is 0 Å². The van der Waals surface area contributed by atoms with E-state index < -0.39 is 17.2 Å². The molecule has 0 aliphatic heterocycles. The van der Waals surface area contributed by atoms with E-state index in [0.29, 0.717) is 24.9 Å². The number of esters is 1. The lowest BCUT2D eigenvalue weighted by Crippen LogP contribution is -2.43. The minimum absolute atomic E-state index is 0.0159. The van der Waals surface area contributed by atoms with Gasteiger partial charge >= 0.3 is 5.97 Å². The van der Waals surface area contributed by atoms with Crippen molar-refractivity contribution in [2.45, 2.75) is 53.0 Å². The van der Waals surface area contributed by atoms with E-state index in [-0.39, 0.29) is 40.9 Å². The van der Waals surface area contributed by atoms with Gasteiger partial charge in [-0.15, -0.1) is 0 Å². The molecule has 37 heavy (non-hydrogen) atoms. The van der Waals surface area contributed by atoms with Crippen molar-refractivity contribution in [2.75, 3.05) is 13.7 Å². The van der Waals surface area contributed by atoms with Gasteiger partial charge in [0.15, 0.2) is 0 Å². The number of benzene rings is 1. The number of fused-ring (bicyclic) bond motifs is 1. The van der Waals surface area contributed by atoms with E-state index in [1.807, 2.05) is 6.92 Å². The van der Waals surface area contributed by atoms with Crippen molar-refractivity contribution in [1.29, 1.82) is 0 Å². The van der Waals surface area contributed by atoms with Crippen molar-refractivity contribution in [3.05, 3.63) is 58.9 Å². The maximum atomic E-state index is 13.5. The fourth-order valence-electron chi connectivity index (χ4n) is 4.60. The van der Waals surface area contributed by atoms with Gasteiger partial charge in [0.05, 0.1) is 12.5 Å². The SMILES string of the molecule is COC(=O)C1(C)CCC(C)(CNC(=O)c2cc(C(=O)NCc3ccc(F)c(C)c3)nc3ncnn23)CC1. The molecule has 1 aliphatic carbocycles. The average Bonchev–Trinajstić information content (AvgIpc) is 3.37. The number of nitrogens with zero attached hydrogens (tertiary/aromatic N) is 4. The Morgan fingerprint density at radius 3 is 2.49 bits per heavy atom. The summed E-state index contributed by atoms with van der Waals surface area (Å²) >= 11 is 0. The van der Waals surface area contributed by atoms with Crippen molar-refractivity contribution in [1.82, 2.24) is 30.2 Å². The smallest absolute Gasteiger partial charge is 0.311 e. The summed E-state index contributed by atoms with van der Waals surface area (Å²) in [5.41, 5.74) is 0.662. The molecule has 2 aromatic heterocycles. The van der Waals surface area contributed by atoms with Gasteiger partial charge in [-0.05, 0) is 62.1 Å². The van der Waals surface area contributed by atoms with Gasteiger partial charge in [-0.1, -0.05) is 19.1 Å². The summed E-state index contributed by atoms with van der Waals surface area (Å²) in [6.45, 7) is 6.21. The topological polar surface area (TPSA) is 128 Å². The number of ether oxygens (including phenoxy) is 1. The molecule has 2 N–H and O–H groups in total. The van der Waals surface area contributed by atoms with Crippen molar-refractivity contribution < 1.29 is 23.5 Å². The Morgan fingerprint density at radius 1 is 1.08 bits per heavy atom. The third kappa shape index (κ3) is 5.60. The molecule has 1 aromatic carbocycles. The second kappa shape index (κ2) is 10.2.